The number of fused-ring (bicyclic) bond motifs is 7. The molecule has 0 saturated heterocycles. The first kappa shape index (κ1) is 25.0. The largest absolute Gasteiger partial charge is 0.455 e. The molecule has 3 heteroatoms. The highest BCUT2D eigenvalue weighted by Gasteiger charge is 2.37. The van der Waals surface area contributed by atoms with E-state index in [1.165, 1.54) is 33.0 Å². The molecule has 0 N–H and O–H groups in total. The molecule has 3 nitrogen and oxygen atoms in total. The van der Waals surface area contributed by atoms with Crippen LogP contribution in [0.15, 0.2) is 138 Å². The van der Waals surface area contributed by atoms with Crippen LogP contribution in [0.1, 0.15) is 25.0 Å². The van der Waals surface area contributed by atoms with Gasteiger partial charge in [-0.15, -0.1) is 0 Å². The summed E-state index contributed by atoms with van der Waals surface area (Å²) in [4.78, 5) is 9.79. The maximum absolute atomic E-state index is 6.46. The van der Waals surface area contributed by atoms with Gasteiger partial charge < -0.3 is 4.42 Å². The number of hydrogen-bond acceptors (Lipinski definition) is 3. The van der Waals surface area contributed by atoms with Crippen molar-refractivity contribution in [3.8, 4) is 44.9 Å². The zero-order chi connectivity index (χ0) is 29.4. The van der Waals surface area contributed by atoms with Gasteiger partial charge in [0.2, 0.25) is 0 Å². The van der Waals surface area contributed by atoms with E-state index in [4.69, 9.17) is 9.40 Å². The molecule has 0 unspecified atom stereocenters. The fourth-order valence-corrected chi connectivity index (χ4v) is 7.02. The van der Waals surface area contributed by atoms with E-state index < -0.39 is 0 Å². The smallest absolute Gasteiger partial charge is 0.143 e. The van der Waals surface area contributed by atoms with Crippen molar-refractivity contribution in [2.24, 2.45) is 0 Å². The molecule has 5 aromatic carbocycles. The fourth-order valence-electron chi connectivity index (χ4n) is 7.02. The molecule has 0 fully saturated rings. The van der Waals surface area contributed by atoms with Gasteiger partial charge in [0.05, 0.1) is 17.1 Å². The van der Waals surface area contributed by atoms with Crippen molar-refractivity contribution in [3.05, 3.63) is 145 Å². The first-order valence-corrected chi connectivity index (χ1v) is 15.1. The second kappa shape index (κ2) is 9.23. The quantitative estimate of drug-likeness (QED) is 0.214. The Morgan fingerprint density at radius 3 is 2.00 bits per heavy atom. The molecular weight excluding hydrogens is 536 g/mol. The number of para-hydroxylation sites is 1. The maximum Gasteiger partial charge on any atom is 0.143 e. The van der Waals surface area contributed by atoms with Gasteiger partial charge in [0, 0.05) is 33.5 Å². The van der Waals surface area contributed by atoms with Gasteiger partial charge in [-0.3, -0.25) is 4.98 Å². The maximum atomic E-state index is 6.46. The number of hydrogen-bond donors (Lipinski definition) is 0. The third-order valence-corrected chi connectivity index (χ3v) is 9.35. The van der Waals surface area contributed by atoms with Crippen molar-refractivity contribution in [1.29, 1.82) is 0 Å². The molecule has 0 spiro atoms. The number of nitrogens with zero attached hydrogens (tertiary/aromatic N) is 2. The van der Waals surface area contributed by atoms with Crippen molar-refractivity contribution in [2.75, 3.05) is 0 Å². The first-order chi connectivity index (χ1) is 21.6. The molecule has 208 valence electrons. The molecule has 0 saturated carbocycles. The molecule has 3 aromatic heterocycles. The fraction of sp³-hybridized carbons (Fsp3) is 0.0732. The highest BCUT2D eigenvalue weighted by molar-refractivity contribution is 6.18. The Balaban J connectivity index is 1.08. The van der Waals surface area contributed by atoms with Crippen LogP contribution < -0.4 is 0 Å². The molecule has 0 aliphatic heterocycles. The van der Waals surface area contributed by atoms with Gasteiger partial charge in [-0.1, -0.05) is 117 Å². The summed E-state index contributed by atoms with van der Waals surface area (Å²) >= 11 is 0. The number of aromatic nitrogens is 2. The average molecular weight is 565 g/mol. The van der Waals surface area contributed by atoms with E-state index >= 15 is 0 Å². The van der Waals surface area contributed by atoms with E-state index in [9.17, 15) is 0 Å². The van der Waals surface area contributed by atoms with Crippen LogP contribution in [0.25, 0.3) is 77.6 Å². The Bertz CT molecular complexity index is 2400. The second-order valence-corrected chi connectivity index (χ2v) is 12.2. The molecule has 0 amide bonds. The highest BCUT2D eigenvalue weighted by Crippen LogP contribution is 2.47. The standard InChI is InChI=1S/C41H28N2O/c1-41(2)33-11-7-23-42-38(33)39-34(41)21-22-35(43-39)27-17-13-25(14-18-27)26-15-19-28(20-16-26)37-30-9-4-3-8-29(30)24-32-31-10-5-6-12-36(31)44-40(32)37/h3-24H,1-2H3. The summed E-state index contributed by atoms with van der Waals surface area (Å²) in [6, 6.07) is 45.2. The van der Waals surface area contributed by atoms with Gasteiger partial charge in [-0.25, -0.2) is 4.98 Å². The predicted octanol–water partition coefficient (Wildman–Crippen LogP) is 10.8. The number of benzene rings is 5. The Morgan fingerprint density at radius 1 is 0.545 bits per heavy atom. The average Bonchev–Trinajstić information content (AvgIpc) is 3.55. The summed E-state index contributed by atoms with van der Waals surface area (Å²) in [6.45, 7) is 4.50. The lowest BCUT2D eigenvalue weighted by Gasteiger charge is -2.20. The SMILES string of the molecule is CC1(C)c2cccnc2-c2nc(-c3ccc(-c4ccc(-c5c6ccccc6cc6c5oc5ccccc56)cc4)cc3)ccc21. The van der Waals surface area contributed by atoms with Crippen LogP contribution in [0.3, 0.4) is 0 Å². The van der Waals surface area contributed by atoms with Crippen LogP contribution in [0.2, 0.25) is 0 Å². The lowest BCUT2D eigenvalue weighted by molar-refractivity contribution is 0.658. The third kappa shape index (κ3) is 3.62. The minimum absolute atomic E-state index is 0.0945. The molecule has 0 radical (unpaired) electrons. The highest BCUT2D eigenvalue weighted by atomic mass is 16.3. The van der Waals surface area contributed by atoms with E-state index in [2.05, 4.69) is 128 Å². The first-order valence-electron chi connectivity index (χ1n) is 15.1. The van der Waals surface area contributed by atoms with Crippen LogP contribution in [0.4, 0.5) is 0 Å². The molecule has 8 aromatic rings. The van der Waals surface area contributed by atoms with E-state index in [0.29, 0.717) is 0 Å². The van der Waals surface area contributed by atoms with Crippen LogP contribution in [-0.2, 0) is 5.41 Å². The van der Waals surface area contributed by atoms with Gasteiger partial charge in [0.25, 0.3) is 0 Å². The van der Waals surface area contributed by atoms with E-state index in [0.717, 1.165) is 55.7 Å². The summed E-state index contributed by atoms with van der Waals surface area (Å²) in [6.07, 6.45) is 1.86. The van der Waals surface area contributed by atoms with Gasteiger partial charge in [-0.05, 0) is 62.9 Å². The van der Waals surface area contributed by atoms with Crippen LogP contribution in [-0.4, -0.2) is 9.97 Å². The number of rotatable bonds is 3. The van der Waals surface area contributed by atoms with E-state index in [1.54, 1.807) is 0 Å². The van der Waals surface area contributed by atoms with Crippen molar-refractivity contribution in [1.82, 2.24) is 9.97 Å². The summed E-state index contributed by atoms with van der Waals surface area (Å²) in [7, 11) is 0. The zero-order valence-corrected chi connectivity index (χ0v) is 24.5. The summed E-state index contributed by atoms with van der Waals surface area (Å²) in [5, 5.41) is 4.70. The number of pyridine rings is 2. The molecule has 0 atom stereocenters. The lowest BCUT2D eigenvalue weighted by Crippen LogP contribution is -2.15. The van der Waals surface area contributed by atoms with E-state index in [-0.39, 0.29) is 5.41 Å². The molecule has 1 aliphatic carbocycles. The monoisotopic (exact) mass is 564 g/mol. The third-order valence-electron chi connectivity index (χ3n) is 9.35. The number of furan rings is 1. The van der Waals surface area contributed by atoms with Gasteiger partial charge >= 0.3 is 0 Å². The molecule has 44 heavy (non-hydrogen) atoms. The van der Waals surface area contributed by atoms with Crippen molar-refractivity contribution < 1.29 is 4.42 Å². The van der Waals surface area contributed by atoms with Gasteiger partial charge in [0.1, 0.15) is 11.2 Å². The molecule has 3 heterocycles. The summed E-state index contributed by atoms with van der Waals surface area (Å²) < 4.78 is 6.46. The van der Waals surface area contributed by atoms with Crippen molar-refractivity contribution >= 4 is 32.7 Å². The molecule has 9 rings (SSSR count). The van der Waals surface area contributed by atoms with Crippen molar-refractivity contribution in [3.63, 3.8) is 0 Å². The Labute approximate surface area is 255 Å². The predicted molar refractivity (Wildman–Crippen MR) is 181 cm³/mol. The summed E-state index contributed by atoms with van der Waals surface area (Å²) in [5.41, 5.74) is 12.9. The minimum atomic E-state index is -0.0945. The van der Waals surface area contributed by atoms with Crippen LogP contribution in [0.5, 0.6) is 0 Å². The lowest BCUT2D eigenvalue weighted by atomic mass is 9.83. The topological polar surface area (TPSA) is 38.9 Å². The van der Waals surface area contributed by atoms with Crippen molar-refractivity contribution in [2.45, 2.75) is 19.3 Å². The summed E-state index contributed by atoms with van der Waals surface area (Å²) in [5.74, 6) is 0. The Kier molecular flexibility index (Phi) is 5.24. The second-order valence-electron chi connectivity index (χ2n) is 12.2. The normalized spacial score (nSPS) is 13.4. The molecule has 1 aliphatic rings. The van der Waals surface area contributed by atoms with Gasteiger partial charge in [0.15, 0.2) is 0 Å². The zero-order valence-electron chi connectivity index (χ0n) is 24.5. The van der Waals surface area contributed by atoms with E-state index in [1.807, 2.05) is 24.4 Å². The molecular formula is C41H28N2O. The van der Waals surface area contributed by atoms with Gasteiger partial charge in [-0.2, -0.15) is 0 Å². The Hall–Kier alpha value is -5.54. The molecule has 0 bridgehead atoms. The van der Waals surface area contributed by atoms with Crippen LogP contribution in [0, 0.1) is 0 Å². The van der Waals surface area contributed by atoms with Crippen LogP contribution >= 0.6 is 0 Å². The Morgan fingerprint density at radius 2 is 1.20 bits per heavy atom. The minimum Gasteiger partial charge on any atom is -0.455 e.